The first-order chi connectivity index (χ1) is 13.2. The van der Waals surface area contributed by atoms with Crippen LogP contribution in [0.2, 0.25) is 0 Å². The third-order valence-electron chi connectivity index (χ3n) is 4.28. The van der Waals surface area contributed by atoms with Gasteiger partial charge < -0.3 is 5.32 Å². The van der Waals surface area contributed by atoms with Crippen LogP contribution in [0.25, 0.3) is 5.69 Å². The van der Waals surface area contributed by atoms with Crippen molar-refractivity contribution in [2.24, 2.45) is 5.14 Å². The Labute approximate surface area is 163 Å². The van der Waals surface area contributed by atoms with Gasteiger partial charge in [0.25, 0.3) is 5.56 Å². The van der Waals surface area contributed by atoms with Crippen LogP contribution in [0, 0.1) is 13.8 Å². The highest BCUT2D eigenvalue weighted by Gasteiger charge is 2.09. The molecule has 0 atom stereocenters. The van der Waals surface area contributed by atoms with Gasteiger partial charge in [0.05, 0.1) is 4.90 Å². The highest BCUT2D eigenvalue weighted by atomic mass is 32.2. The molecule has 0 aliphatic rings. The van der Waals surface area contributed by atoms with Crippen LogP contribution in [0.5, 0.6) is 0 Å². The van der Waals surface area contributed by atoms with Crippen LogP contribution >= 0.6 is 0 Å². The Bertz CT molecular complexity index is 1130. The zero-order valence-electron chi connectivity index (χ0n) is 15.7. The van der Waals surface area contributed by atoms with E-state index < -0.39 is 10.0 Å². The first-order valence-electron chi connectivity index (χ1n) is 8.76. The van der Waals surface area contributed by atoms with Gasteiger partial charge in [-0.05, 0) is 61.2 Å². The number of aromatic nitrogens is 2. The average Bonchev–Trinajstić information content (AvgIpc) is 2.62. The second kappa shape index (κ2) is 7.95. The molecule has 0 aliphatic heterocycles. The van der Waals surface area contributed by atoms with Gasteiger partial charge in [-0.25, -0.2) is 18.5 Å². The van der Waals surface area contributed by atoms with E-state index in [0.717, 1.165) is 22.4 Å². The molecule has 0 saturated heterocycles. The summed E-state index contributed by atoms with van der Waals surface area (Å²) < 4.78 is 24.1. The summed E-state index contributed by atoms with van der Waals surface area (Å²) in [5.74, 6) is 0.266. The first kappa shape index (κ1) is 19.8. The third kappa shape index (κ3) is 4.65. The number of nitrogens with one attached hydrogen (secondary N) is 1. The van der Waals surface area contributed by atoms with E-state index in [4.69, 9.17) is 5.14 Å². The molecule has 0 amide bonds. The van der Waals surface area contributed by atoms with Gasteiger partial charge in [0.2, 0.25) is 10.0 Å². The molecule has 2 aromatic carbocycles. The van der Waals surface area contributed by atoms with Crippen molar-refractivity contribution in [1.82, 2.24) is 9.55 Å². The number of aryl methyl sites for hydroxylation is 2. The van der Waals surface area contributed by atoms with Gasteiger partial charge >= 0.3 is 0 Å². The summed E-state index contributed by atoms with van der Waals surface area (Å²) in [6.07, 6.45) is 3.83. The Hall–Kier alpha value is -2.97. The van der Waals surface area contributed by atoms with Crippen LogP contribution in [0.4, 0.5) is 5.82 Å². The largest absolute Gasteiger partial charge is 0.365 e. The van der Waals surface area contributed by atoms with E-state index in [1.54, 1.807) is 29.1 Å². The van der Waals surface area contributed by atoms with Gasteiger partial charge in [-0.3, -0.25) is 9.36 Å². The SMILES string of the molecule is Cc1cc(C)cc(-n2ccnc(NCCc3ccc(S(N)(=O)=O)cc3)c2=O)c1. The zero-order chi connectivity index (χ0) is 20.3. The Balaban J connectivity index is 1.73. The minimum Gasteiger partial charge on any atom is -0.365 e. The number of hydrogen-bond donors (Lipinski definition) is 2. The summed E-state index contributed by atoms with van der Waals surface area (Å²) in [5.41, 5.74) is 3.65. The van der Waals surface area contributed by atoms with E-state index in [1.807, 2.05) is 26.0 Å². The molecule has 146 valence electrons. The second-order valence-corrected chi connectivity index (χ2v) is 8.22. The molecule has 28 heavy (non-hydrogen) atoms. The maximum atomic E-state index is 12.7. The van der Waals surface area contributed by atoms with E-state index in [-0.39, 0.29) is 16.3 Å². The molecule has 8 heteroatoms. The molecule has 3 N–H and O–H groups in total. The van der Waals surface area contributed by atoms with Gasteiger partial charge in [0.1, 0.15) is 0 Å². The van der Waals surface area contributed by atoms with Crippen molar-refractivity contribution < 1.29 is 8.42 Å². The molecular weight excluding hydrogens is 376 g/mol. The van der Waals surface area contributed by atoms with E-state index in [9.17, 15) is 13.2 Å². The van der Waals surface area contributed by atoms with Crippen molar-refractivity contribution in [3.8, 4) is 5.69 Å². The Morgan fingerprint density at radius 3 is 2.32 bits per heavy atom. The Kier molecular flexibility index (Phi) is 5.62. The smallest absolute Gasteiger partial charge is 0.297 e. The number of anilines is 1. The maximum absolute atomic E-state index is 12.7. The quantitative estimate of drug-likeness (QED) is 0.662. The fraction of sp³-hybridized carbons (Fsp3) is 0.200. The predicted octanol–water partition coefficient (Wildman–Crippen LogP) is 2.15. The van der Waals surface area contributed by atoms with E-state index >= 15 is 0 Å². The topological polar surface area (TPSA) is 107 Å². The molecule has 0 saturated carbocycles. The number of rotatable bonds is 6. The van der Waals surface area contributed by atoms with E-state index in [0.29, 0.717) is 13.0 Å². The van der Waals surface area contributed by atoms with Crippen molar-refractivity contribution >= 4 is 15.8 Å². The number of hydrogen-bond acceptors (Lipinski definition) is 5. The molecule has 0 fully saturated rings. The molecule has 0 spiro atoms. The highest BCUT2D eigenvalue weighted by molar-refractivity contribution is 7.89. The fourth-order valence-corrected chi connectivity index (χ4v) is 3.51. The predicted molar refractivity (Wildman–Crippen MR) is 109 cm³/mol. The molecular formula is C20H22N4O3S. The van der Waals surface area contributed by atoms with Crippen molar-refractivity contribution in [2.45, 2.75) is 25.2 Å². The van der Waals surface area contributed by atoms with Crippen LogP contribution < -0.4 is 16.0 Å². The number of nitrogens with zero attached hydrogens (tertiary/aromatic N) is 2. The van der Waals surface area contributed by atoms with Crippen LogP contribution in [-0.4, -0.2) is 24.5 Å². The van der Waals surface area contributed by atoms with Gasteiger partial charge in [-0.15, -0.1) is 0 Å². The normalized spacial score (nSPS) is 11.4. The molecule has 0 radical (unpaired) electrons. The van der Waals surface area contributed by atoms with E-state index in [1.165, 1.54) is 12.1 Å². The third-order valence-corrected chi connectivity index (χ3v) is 5.21. The van der Waals surface area contributed by atoms with Crippen molar-refractivity contribution in [3.05, 3.63) is 81.9 Å². The van der Waals surface area contributed by atoms with Crippen molar-refractivity contribution in [1.29, 1.82) is 0 Å². The van der Waals surface area contributed by atoms with Crippen LogP contribution in [0.15, 0.2) is 64.5 Å². The molecule has 7 nitrogen and oxygen atoms in total. The van der Waals surface area contributed by atoms with Gasteiger partial charge in [0.15, 0.2) is 5.82 Å². The summed E-state index contributed by atoms with van der Waals surface area (Å²) in [4.78, 5) is 17.0. The maximum Gasteiger partial charge on any atom is 0.297 e. The van der Waals surface area contributed by atoms with Crippen LogP contribution in [0.1, 0.15) is 16.7 Å². The van der Waals surface area contributed by atoms with Crippen molar-refractivity contribution in [2.75, 3.05) is 11.9 Å². The van der Waals surface area contributed by atoms with Gasteiger partial charge in [-0.1, -0.05) is 18.2 Å². The second-order valence-electron chi connectivity index (χ2n) is 6.66. The van der Waals surface area contributed by atoms with E-state index in [2.05, 4.69) is 16.4 Å². The summed E-state index contributed by atoms with van der Waals surface area (Å²) in [6, 6.07) is 12.3. The lowest BCUT2D eigenvalue weighted by Gasteiger charge is -2.11. The lowest BCUT2D eigenvalue weighted by molar-refractivity contribution is 0.598. The standard InChI is InChI=1S/C20H22N4O3S/c1-14-11-15(2)13-17(12-14)24-10-9-23-19(20(24)25)22-8-7-16-3-5-18(6-4-16)28(21,26)27/h3-6,9-13H,7-8H2,1-2H3,(H,22,23)(H2,21,26,27). The van der Waals surface area contributed by atoms with Gasteiger partial charge in [0, 0.05) is 24.6 Å². The molecule has 3 rings (SSSR count). The zero-order valence-corrected chi connectivity index (χ0v) is 16.5. The number of sulfonamides is 1. The van der Waals surface area contributed by atoms with Crippen LogP contribution in [0.3, 0.4) is 0 Å². The summed E-state index contributed by atoms with van der Waals surface area (Å²) in [7, 11) is -3.70. The molecule has 3 aromatic rings. The molecule has 0 unspecified atom stereocenters. The minimum absolute atomic E-state index is 0.0743. The Morgan fingerprint density at radius 2 is 1.71 bits per heavy atom. The summed E-state index contributed by atoms with van der Waals surface area (Å²) in [5, 5.41) is 8.15. The number of primary sulfonamides is 1. The number of benzene rings is 2. The van der Waals surface area contributed by atoms with Crippen LogP contribution in [-0.2, 0) is 16.4 Å². The fourth-order valence-electron chi connectivity index (χ4n) is 3.00. The lowest BCUT2D eigenvalue weighted by Crippen LogP contribution is -2.24. The molecule has 1 heterocycles. The Morgan fingerprint density at radius 1 is 1.07 bits per heavy atom. The summed E-state index contributed by atoms with van der Waals surface area (Å²) >= 11 is 0. The molecule has 0 bridgehead atoms. The molecule has 1 aromatic heterocycles. The average molecular weight is 398 g/mol. The summed E-state index contributed by atoms with van der Waals surface area (Å²) in [6.45, 7) is 4.46. The van der Waals surface area contributed by atoms with Crippen molar-refractivity contribution in [3.63, 3.8) is 0 Å². The first-order valence-corrected chi connectivity index (χ1v) is 10.3. The minimum atomic E-state index is -3.70. The lowest BCUT2D eigenvalue weighted by atomic mass is 10.1. The van der Waals surface area contributed by atoms with Gasteiger partial charge in [-0.2, -0.15) is 0 Å². The monoisotopic (exact) mass is 398 g/mol. The molecule has 0 aliphatic carbocycles. The number of nitrogens with two attached hydrogens (primary N) is 1. The highest BCUT2D eigenvalue weighted by Crippen LogP contribution is 2.13.